The van der Waals surface area contributed by atoms with Crippen LogP contribution in [-0.2, 0) is 0 Å². The van der Waals surface area contributed by atoms with Crippen molar-refractivity contribution in [2.75, 3.05) is 26.2 Å². The molecular formula is C31H28N6O. The molecule has 0 saturated carbocycles. The average Bonchev–Trinajstić information content (AvgIpc) is 3.73. The molecule has 7 heteroatoms. The standard InChI is InChI=1S/C31H28N6O/c1-2-13-37(12-1)14-15-38-24-16-23(19-33-20-24)22-6-7-29-27(17-22)31(36-35-29)30-18-26-25(4-3-5-28(26)34-30)21-8-10-32-11-9-21/h3-11,16-20,34H,1-2,12-15H2,(H,35,36). The Morgan fingerprint density at radius 3 is 2.58 bits per heavy atom. The topological polar surface area (TPSA) is 82.7 Å². The highest BCUT2D eigenvalue weighted by Gasteiger charge is 2.15. The van der Waals surface area contributed by atoms with Gasteiger partial charge in [0.1, 0.15) is 18.1 Å². The number of rotatable bonds is 7. The third-order valence-electron chi connectivity index (χ3n) is 7.39. The lowest BCUT2D eigenvalue weighted by molar-refractivity contribution is 0.237. The molecule has 0 amide bonds. The number of aromatic nitrogens is 5. The molecule has 4 aromatic heterocycles. The zero-order valence-electron chi connectivity index (χ0n) is 21.0. The van der Waals surface area contributed by atoms with Crippen molar-refractivity contribution in [2.24, 2.45) is 0 Å². The van der Waals surface area contributed by atoms with E-state index in [-0.39, 0.29) is 0 Å². The van der Waals surface area contributed by atoms with Gasteiger partial charge in [0, 0.05) is 47.0 Å². The molecular weight excluding hydrogens is 472 g/mol. The molecule has 1 aliphatic rings. The Bertz CT molecular complexity index is 1720. The van der Waals surface area contributed by atoms with Crippen LogP contribution in [-0.4, -0.2) is 56.3 Å². The van der Waals surface area contributed by atoms with Gasteiger partial charge in [-0.2, -0.15) is 5.10 Å². The van der Waals surface area contributed by atoms with E-state index >= 15 is 0 Å². The van der Waals surface area contributed by atoms with Crippen LogP contribution in [0.1, 0.15) is 12.8 Å². The normalized spacial score (nSPS) is 14.0. The van der Waals surface area contributed by atoms with Crippen LogP contribution in [0.2, 0.25) is 0 Å². The average molecular weight is 501 g/mol. The maximum Gasteiger partial charge on any atom is 0.138 e. The fourth-order valence-electron chi connectivity index (χ4n) is 5.42. The van der Waals surface area contributed by atoms with Gasteiger partial charge in [-0.15, -0.1) is 0 Å². The molecule has 0 aliphatic carbocycles. The van der Waals surface area contributed by atoms with Gasteiger partial charge >= 0.3 is 0 Å². The van der Waals surface area contributed by atoms with Crippen molar-refractivity contribution >= 4 is 21.8 Å². The number of benzene rings is 2. The molecule has 0 spiro atoms. The summed E-state index contributed by atoms with van der Waals surface area (Å²) in [5.41, 5.74) is 8.33. The monoisotopic (exact) mass is 500 g/mol. The Morgan fingerprint density at radius 1 is 0.789 bits per heavy atom. The molecule has 1 aliphatic heterocycles. The lowest BCUT2D eigenvalue weighted by atomic mass is 10.0. The van der Waals surface area contributed by atoms with Crippen molar-refractivity contribution in [1.82, 2.24) is 30.0 Å². The maximum absolute atomic E-state index is 6.05. The maximum atomic E-state index is 6.05. The van der Waals surface area contributed by atoms with Gasteiger partial charge in [0.2, 0.25) is 0 Å². The number of nitrogens with one attached hydrogen (secondary N) is 2. The van der Waals surface area contributed by atoms with E-state index in [1.807, 2.05) is 30.7 Å². The number of H-pyrrole nitrogens is 2. The molecule has 7 nitrogen and oxygen atoms in total. The Balaban J connectivity index is 1.20. The number of ether oxygens (including phenoxy) is 1. The van der Waals surface area contributed by atoms with Crippen molar-refractivity contribution in [3.63, 3.8) is 0 Å². The van der Waals surface area contributed by atoms with E-state index in [0.29, 0.717) is 6.61 Å². The van der Waals surface area contributed by atoms with Crippen LogP contribution in [0.15, 0.2) is 85.5 Å². The summed E-state index contributed by atoms with van der Waals surface area (Å²) in [7, 11) is 0. The van der Waals surface area contributed by atoms with Crippen molar-refractivity contribution in [3.05, 3.63) is 85.5 Å². The second-order valence-electron chi connectivity index (χ2n) is 9.82. The predicted octanol–water partition coefficient (Wildman–Crippen LogP) is 6.31. The summed E-state index contributed by atoms with van der Waals surface area (Å²) in [6, 6.07) is 21.0. The van der Waals surface area contributed by atoms with Crippen LogP contribution in [0.3, 0.4) is 0 Å². The van der Waals surface area contributed by atoms with Gasteiger partial charge in [-0.1, -0.05) is 18.2 Å². The Morgan fingerprint density at radius 2 is 1.68 bits per heavy atom. The molecule has 38 heavy (non-hydrogen) atoms. The molecule has 5 heterocycles. The van der Waals surface area contributed by atoms with E-state index in [2.05, 4.69) is 78.6 Å². The number of pyridine rings is 2. The summed E-state index contributed by atoms with van der Waals surface area (Å²) >= 11 is 0. The minimum absolute atomic E-state index is 0.678. The number of likely N-dealkylation sites (tertiary alicyclic amines) is 1. The van der Waals surface area contributed by atoms with E-state index in [1.165, 1.54) is 31.5 Å². The largest absolute Gasteiger partial charge is 0.491 e. The highest BCUT2D eigenvalue weighted by Crippen LogP contribution is 2.35. The fourth-order valence-corrected chi connectivity index (χ4v) is 5.42. The van der Waals surface area contributed by atoms with E-state index in [1.54, 1.807) is 6.20 Å². The van der Waals surface area contributed by atoms with Gasteiger partial charge < -0.3 is 9.72 Å². The minimum atomic E-state index is 0.678. The molecule has 0 atom stereocenters. The smallest absolute Gasteiger partial charge is 0.138 e. The van der Waals surface area contributed by atoms with E-state index in [0.717, 1.165) is 62.2 Å². The number of hydrogen-bond donors (Lipinski definition) is 2. The number of aromatic amines is 2. The van der Waals surface area contributed by atoms with E-state index in [9.17, 15) is 0 Å². The lowest BCUT2D eigenvalue weighted by Crippen LogP contribution is -2.25. The first kappa shape index (κ1) is 22.7. The van der Waals surface area contributed by atoms with Gasteiger partial charge in [-0.3, -0.25) is 20.0 Å². The molecule has 1 fully saturated rings. The van der Waals surface area contributed by atoms with Crippen molar-refractivity contribution < 1.29 is 4.74 Å². The molecule has 0 unspecified atom stereocenters. The Kier molecular flexibility index (Phi) is 5.83. The van der Waals surface area contributed by atoms with Crippen molar-refractivity contribution in [3.8, 4) is 39.4 Å². The first-order valence-electron chi connectivity index (χ1n) is 13.1. The lowest BCUT2D eigenvalue weighted by Gasteiger charge is -2.15. The van der Waals surface area contributed by atoms with E-state index in [4.69, 9.17) is 4.74 Å². The van der Waals surface area contributed by atoms with Crippen LogP contribution in [0.5, 0.6) is 5.75 Å². The number of hydrogen-bond acceptors (Lipinski definition) is 5. The summed E-state index contributed by atoms with van der Waals surface area (Å²) in [5, 5.41) is 10.1. The summed E-state index contributed by atoms with van der Waals surface area (Å²) in [5.74, 6) is 0.800. The summed E-state index contributed by atoms with van der Waals surface area (Å²) in [4.78, 5) is 14.7. The van der Waals surface area contributed by atoms with Gasteiger partial charge in [-0.25, -0.2) is 0 Å². The third kappa shape index (κ3) is 4.31. The fraction of sp³-hybridized carbons (Fsp3) is 0.194. The molecule has 7 rings (SSSR count). The summed E-state index contributed by atoms with van der Waals surface area (Å²) in [6.07, 6.45) is 9.91. The molecule has 188 valence electrons. The number of nitrogens with zero attached hydrogens (tertiary/aromatic N) is 4. The molecule has 0 radical (unpaired) electrons. The molecule has 2 aromatic carbocycles. The third-order valence-corrected chi connectivity index (χ3v) is 7.39. The van der Waals surface area contributed by atoms with Gasteiger partial charge in [0.15, 0.2) is 0 Å². The molecule has 0 bridgehead atoms. The SMILES string of the molecule is c1cc(-c2ccncc2)c2cc(-c3n[nH]c4ccc(-c5cncc(OCCN6CCCC6)c5)cc34)[nH]c2c1. The van der Waals surface area contributed by atoms with Crippen molar-refractivity contribution in [1.29, 1.82) is 0 Å². The molecule has 2 N–H and O–H groups in total. The van der Waals surface area contributed by atoms with E-state index < -0.39 is 0 Å². The Hall–Kier alpha value is -4.49. The quantitative estimate of drug-likeness (QED) is 0.268. The van der Waals surface area contributed by atoms with Crippen LogP contribution in [0, 0.1) is 0 Å². The first-order chi connectivity index (χ1) is 18.8. The zero-order chi connectivity index (χ0) is 25.3. The molecule has 6 aromatic rings. The van der Waals surface area contributed by atoms with Gasteiger partial charge in [-0.05, 0) is 85.1 Å². The molecule has 1 saturated heterocycles. The van der Waals surface area contributed by atoms with Crippen LogP contribution in [0.4, 0.5) is 0 Å². The number of fused-ring (bicyclic) bond motifs is 2. The predicted molar refractivity (Wildman–Crippen MR) is 151 cm³/mol. The van der Waals surface area contributed by atoms with Gasteiger partial charge in [0.25, 0.3) is 0 Å². The second kappa shape index (κ2) is 9.76. The Labute approximate surface area is 220 Å². The van der Waals surface area contributed by atoms with Gasteiger partial charge in [0.05, 0.1) is 17.4 Å². The first-order valence-corrected chi connectivity index (χ1v) is 13.1. The van der Waals surface area contributed by atoms with Crippen molar-refractivity contribution in [2.45, 2.75) is 12.8 Å². The second-order valence-corrected chi connectivity index (χ2v) is 9.82. The summed E-state index contributed by atoms with van der Waals surface area (Å²) < 4.78 is 6.05. The highest BCUT2D eigenvalue weighted by molar-refractivity contribution is 6.01. The minimum Gasteiger partial charge on any atom is -0.491 e. The summed E-state index contributed by atoms with van der Waals surface area (Å²) in [6.45, 7) is 3.99. The highest BCUT2D eigenvalue weighted by atomic mass is 16.5. The van der Waals surface area contributed by atoms with Crippen LogP contribution < -0.4 is 4.74 Å². The van der Waals surface area contributed by atoms with Crippen LogP contribution >= 0.6 is 0 Å². The van der Waals surface area contributed by atoms with Crippen LogP contribution in [0.25, 0.3) is 55.4 Å². The zero-order valence-corrected chi connectivity index (χ0v) is 21.0.